The lowest BCUT2D eigenvalue weighted by Crippen LogP contribution is -2.30. The van der Waals surface area contributed by atoms with Crippen molar-refractivity contribution in [3.8, 4) is 12.3 Å². The predicted molar refractivity (Wildman–Crippen MR) is 46.4 cm³/mol. The van der Waals surface area contributed by atoms with Gasteiger partial charge in [-0.25, -0.2) is 0 Å². The molecule has 0 amide bonds. The molecule has 0 atom stereocenters. The molecule has 2 rings (SSSR count). The second-order valence-electron chi connectivity index (χ2n) is 3.04. The number of rotatable bonds is 1. The van der Waals surface area contributed by atoms with Crippen LogP contribution in [0.3, 0.4) is 0 Å². The van der Waals surface area contributed by atoms with E-state index in [0.29, 0.717) is 0 Å². The molecule has 1 aromatic heterocycles. The van der Waals surface area contributed by atoms with E-state index >= 15 is 0 Å². The largest absolute Gasteiger partial charge is 0.288 e. The van der Waals surface area contributed by atoms with Crippen LogP contribution in [-0.4, -0.2) is 28.2 Å². The molecule has 0 saturated carbocycles. The highest BCUT2D eigenvalue weighted by molar-refractivity contribution is 5.19. The van der Waals surface area contributed by atoms with Gasteiger partial charge in [0.2, 0.25) is 0 Å². The van der Waals surface area contributed by atoms with Crippen LogP contribution in [0.2, 0.25) is 0 Å². The normalized spacial score (nSPS) is 16.9. The zero-order valence-electron chi connectivity index (χ0n) is 6.88. The highest BCUT2D eigenvalue weighted by Crippen LogP contribution is 2.14. The van der Waals surface area contributed by atoms with Gasteiger partial charge in [0.05, 0.1) is 12.7 Å². The first-order valence-electron chi connectivity index (χ1n) is 4.07. The fraction of sp³-hybridized carbons (Fsp3) is 0.444. The van der Waals surface area contributed by atoms with Crippen molar-refractivity contribution in [1.29, 1.82) is 0 Å². The minimum Gasteiger partial charge on any atom is -0.288 e. The van der Waals surface area contributed by atoms with E-state index in [1.807, 2.05) is 6.20 Å². The number of aromatic nitrogens is 2. The fourth-order valence-corrected chi connectivity index (χ4v) is 1.54. The molecule has 0 saturated heterocycles. The molecule has 0 aliphatic carbocycles. The van der Waals surface area contributed by atoms with Crippen LogP contribution in [0.25, 0.3) is 0 Å². The van der Waals surface area contributed by atoms with Gasteiger partial charge in [-0.3, -0.25) is 10.00 Å². The summed E-state index contributed by atoms with van der Waals surface area (Å²) in [6.45, 7) is 2.72. The van der Waals surface area contributed by atoms with Gasteiger partial charge in [0, 0.05) is 30.8 Å². The Morgan fingerprint density at radius 3 is 3.50 bits per heavy atom. The predicted octanol–water partition coefficient (Wildman–Crippen LogP) is 0.401. The summed E-state index contributed by atoms with van der Waals surface area (Å²) in [6.07, 6.45) is 8.17. The Bertz CT molecular complexity index is 308. The third-order valence-corrected chi connectivity index (χ3v) is 2.19. The minimum atomic E-state index is 0.741. The molecular weight excluding hydrogens is 150 g/mol. The zero-order valence-corrected chi connectivity index (χ0v) is 6.88. The topological polar surface area (TPSA) is 31.9 Å². The lowest BCUT2D eigenvalue weighted by Gasteiger charge is -2.23. The Labute approximate surface area is 71.8 Å². The molecule has 0 spiro atoms. The van der Waals surface area contributed by atoms with E-state index in [2.05, 4.69) is 21.0 Å². The van der Waals surface area contributed by atoms with Crippen molar-refractivity contribution in [3.05, 3.63) is 17.5 Å². The summed E-state index contributed by atoms with van der Waals surface area (Å²) in [5.74, 6) is 2.66. The minimum absolute atomic E-state index is 0.741. The lowest BCUT2D eigenvalue weighted by molar-refractivity contribution is 0.285. The Kier molecular flexibility index (Phi) is 1.84. The van der Waals surface area contributed by atoms with Crippen LogP contribution in [0.4, 0.5) is 0 Å². The first-order chi connectivity index (χ1) is 5.90. The van der Waals surface area contributed by atoms with Crippen molar-refractivity contribution >= 4 is 0 Å². The summed E-state index contributed by atoms with van der Waals surface area (Å²) < 4.78 is 0. The first-order valence-corrected chi connectivity index (χ1v) is 4.07. The van der Waals surface area contributed by atoms with Crippen molar-refractivity contribution < 1.29 is 0 Å². The van der Waals surface area contributed by atoms with Crippen molar-refractivity contribution in [2.45, 2.75) is 13.0 Å². The van der Waals surface area contributed by atoms with Crippen molar-refractivity contribution in [3.63, 3.8) is 0 Å². The number of nitrogens with one attached hydrogen (secondary N) is 1. The molecule has 0 radical (unpaired) electrons. The van der Waals surface area contributed by atoms with Crippen LogP contribution in [0.1, 0.15) is 11.3 Å². The number of H-pyrrole nitrogens is 1. The average molecular weight is 161 g/mol. The Morgan fingerprint density at radius 2 is 2.67 bits per heavy atom. The Hall–Kier alpha value is -1.27. The maximum absolute atomic E-state index is 5.24. The molecule has 3 heteroatoms. The van der Waals surface area contributed by atoms with Crippen molar-refractivity contribution in [1.82, 2.24) is 15.1 Å². The molecular formula is C9H11N3. The molecule has 1 aromatic rings. The van der Waals surface area contributed by atoms with Crippen LogP contribution in [0.15, 0.2) is 6.20 Å². The van der Waals surface area contributed by atoms with Gasteiger partial charge in [0.15, 0.2) is 0 Å². The van der Waals surface area contributed by atoms with Crippen LogP contribution >= 0.6 is 0 Å². The second kappa shape index (κ2) is 3.00. The van der Waals surface area contributed by atoms with Crippen molar-refractivity contribution in [2.24, 2.45) is 0 Å². The van der Waals surface area contributed by atoms with Crippen LogP contribution < -0.4 is 0 Å². The maximum Gasteiger partial charge on any atom is 0.0601 e. The fourth-order valence-electron chi connectivity index (χ4n) is 1.54. The highest BCUT2D eigenvalue weighted by Gasteiger charge is 2.15. The summed E-state index contributed by atoms with van der Waals surface area (Å²) in [5.41, 5.74) is 2.56. The number of terminal acetylenes is 1. The Morgan fingerprint density at radius 1 is 1.75 bits per heavy atom. The monoisotopic (exact) mass is 161 g/mol. The molecule has 0 fully saturated rings. The highest BCUT2D eigenvalue weighted by atomic mass is 15.2. The number of fused-ring (bicyclic) bond motifs is 1. The quantitative estimate of drug-likeness (QED) is 0.605. The van der Waals surface area contributed by atoms with Crippen molar-refractivity contribution in [2.75, 3.05) is 13.1 Å². The van der Waals surface area contributed by atoms with E-state index in [0.717, 1.165) is 26.1 Å². The number of hydrogen-bond acceptors (Lipinski definition) is 2. The zero-order chi connectivity index (χ0) is 8.39. The summed E-state index contributed by atoms with van der Waals surface area (Å²) in [7, 11) is 0. The summed E-state index contributed by atoms with van der Waals surface area (Å²) >= 11 is 0. The van der Waals surface area contributed by atoms with Gasteiger partial charge in [-0.15, -0.1) is 6.42 Å². The van der Waals surface area contributed by atoms with Gasteiger partial charge in [-0.1, -0.05) is 5.92 Å². The lowest BCUT2D eigenvalue weighted by atomic mass is 10.1. The van der Waals surface area contributed by atoms with Gasteiger partial charge in [-0.05, 0) is 0 Å². The van der Waals surface area contributed by atoms with E-state index in [-0.39, 0.29) is 0 Å². The summed E-state index contributed by atoms with van der Waals surface area (Å²) in [5, 5.41) is 6.99. The molecule has 62 valence electrons. The van der Waals surface area contributed by atoms with E-state index < -0.39 is 0 Å². The molecule has 2 heterocycles. The third kappa shape index (κ3) is 1.21. The molecule has 3 nitrogen and oxygen atoms in total. The van der Waals surface area contributed by atoms with E-state index in [4.69, 9.17) is 6.42 Å². The number of hydrogen-bond donors (Lipinski definition) is 1. The third-order valence-electron chi connectivity index (χ3n) is 2.19. The van der Waals surface area contributed by atoms with Gasteiger partial charge >= 0.3 is 0 Å². The van der Waals surface area contributed by atoms with Crippen LogP contribution in [0, 0.1) is 12.3 Å². The van der Waals surface area contributed by atoms with Gasteiger partial charge < -0.3 is 0 Å². The van der Waals surface area contributed by atoms with E-state index in [9.17, 15) is 0 Å². The standard InChI is InChI=1S/C9H11N3/c1-2-4-12-5-3-9-8(7-12)6-10-11-9/h1,6H,3-5,7H2,(H,10,11). The van der Waals surface area contributed by atoms with Gasteiger partial charge in [0.1, 0.15) is 0 Å². The molecule has 1 N–H and O–H groups in total. The summed E-state index contributed by atoms with van der Waals surface area (Å²) in [6, 6.07) is 0. The molecule has 12 heavy (non-hydrogen) atoms. The summed E-state index contributed by atoms with van der Waals surface area (Å²) in [4.78, 5) is 2.25. The maximum atomic E-state index is 5.24. The smallest absolute Gasteiger partial charge is 0.0601 e. The molecule has 0 unspecified atom stereocenters. The first kappa shape index (κ1) is 7.38. The average Bonchev–Trinajstić information content (AvgIpc) is 2.51. The van der Waals surface area contributed by atoms with Crippen LogP contribution in [0.5, 0.6) is 0 Å². The molecule has 1 aliphatic heterocycles. The Balaban J connectivity index is 2.11. The van der Waals surface area contributed by atoms with E-state index in [1.54, 1.807) is 0 Å². The number of aromatic amines is 1. The molecule has 0 bridgehead atoms. The number of nitrogens with zero attached hydrogens (tertiary/aromatic N) is 2. The second-order valence-corrected chi connectivity index (χ2v) is 3.04. The SMILES string of the molecule is C#CCN1CCc2[nH]ncc2C1. The van der Waals surface area contributed by atoms with E-state index in [1.165, 1.54) is 11.3 Å². The molecule has 1 aliphatic rings. The van der Waals surface area contributed by atoms with Gasteiger partial charge in [-0.2, -0.15) is 5.10 Å². The molecule has 0 aromatic carbocycles. The van der Waals surface area contributed by atoms with Crippen LogP contribution in [-0.2, 0) is 13.0 Å². The van der Waals surface area contributed by atoms with Gasteiger partial charge in [0.25, 0.3) is 0 Å².